The van der Waals surface area contributed by atoms with Crippen molar-refractivity contribution in [2.75, 3.05) is 6.54 Å². The van der Waals surface area contributed by atoms with Crippen molar-refractivity contribution in [3.8, 4) is 11.5 Å². The normalized spacial score (nSPS) is 21.3. The number of benzene rings is 1. The summed E-state index contributed by atoms with van der Waals surface area (Å²) in [6.07, 6.45) is 3.41. The van der Waals surface area contributed by atoms with Crippen molar-refractivity contribution >= 4 is 11.9 Å². The lowest BCUT2D eigenvalue weighted by atomic mass is 9.78. The van der Waals surface area contributed by atoms with Gasteiger partial charge in [-0.3, -0.25) is 9.59 Å². The van der Waals surface area contributed by atoms with Gasteiger partial charge in [-0.25, -0.2) is 0 Å². The van der Waals surface area contributed by atoms with Gasteiger partial charge < -0.3 is 20.6 Å². The summed E-state index contributed by atoms with van der Waals surface area (Å²) < 4.78 is 0. The molecule has 0 spiro atoms. The van der Waals surface area contributed by atoms with Gasteiger partial charge in [0, 0.05) is 6.54 Å². The lowest BCUT2D eigenvalue weighted by Gasteiger charge is -2.27. The summed E-state index contributed by atoms with van der Waals surface area (Å²) in [7, 11) is 0. The Morgan fingerprint density at radius 2 is 1.77 bits per heavy atom. The summed E-state index contributed by atoms with van der Waals surface area (Å²) in [5.41, 5.74) is 0.786. The summed E-state index contributed by atoms with van der Waals surface area (Å²) >= 11 is 0. The smallest absolute Gasteiger partial charge is 0.307 e. The number of carboxylic acid groups (broad SMARTS) is 1. The zero-order valence-electron chi connectivity index (χ0n) is 12.3. The van der Waals surface area contributed by atoms with Gasteiger partial charge in [-0.2, -0.15) is 0 Å². The van der Waals surface area contributed by atoms with Crippen LogP contribution in [0.1, 0.15) is 31.2 Å². The number of hydrogen-bond donors (Lipinski definition) is 4. The van der Waals surface area contributed by atoms with E-state index in [1.165, 1.54) is 12.1 Å². The van der Waals surface area contributed by atoms with Crippen LogP contribution in [-0.2, 0) is 16.0 Å². The van der Waals surface area contributed by atoms with Crippen molar-refractivity contribution in [2.24, 2.45) is 11.8 Å². The topological polar surface area (TPSA) is 107 Å². The minimum atomic E-state index is -0.900. The quantitative estimate of drug-likeness (QED) is 0.619. The van der Waals surface area contributed by atoms with E-state index in [0.29, 0.717) is 25.8 Å². The van der Waals surface area contributed by atoms with Gasteiger partial charge in [0.2, 0.25) is 5.91 Å². The van der Waals surface area contributed by atoms with E-state index in [2.05, 4.69) is 5.32 Å². The molecule has 1 aliphatic carbocycles. The van der Waals surface area contributed by atoms with E-state index in [-0.39, 0.29) is 17.4 Å². The van der Waals surface area contributed by atoms with Crippen LogP contribution >= 0.6 is 0 Å². The fraction of sp³-hybridized carbons (Fsp3) is 0.500. The van der Waals surface area contributed by atoms with Crippen LogP contribution in [-0.4, -0.2) is 33.7 Å². The summed E-state index contributed by atoms with van der Waals surface area (Å²) in [6.45, 7) is 0.367. The lowest BCUT2D eigenvalue weighted by molar-refractivity contribution is -0.148. The minimum Gasteiger partial charge on any atom is -0.504 e. The molecule has 1 aromatic carbocycles. The number of rotatable bonds is 5. The van der Waals surface area contributed by atoms with Crippen molar-refractivity contribution in [1.29, 1.82) is 0 Å². The molecule has 0 saturated heterocycles. The van der Waals surface area contributed by atoms with Crippen LogP contribution in [0.25, 0.3) is 0 Å². The van der Waals surface area contributed by atoms with Crippen LogP contribution < -0.4 is 5.32 Å². The molecule has 1 amide bonds. The Balaban J connectivity index is 1.86. The Kier molecular flexibility index (Phi) is 5.25. The summed E-state index contributed by atoms with van der Waals surface area (Å²) in [6, 6.07) is 4.51. The molecule has 6 heteroatoms. The van der Waals surface area contributed by atoms with Crippen LogP contribution in [0, 0.1) is 11.8 Å². The largest absolute Gasteiger partial charge is 0.504 e. The third-order valence-corrected chi connectivity index (χ3v) is 4.17. The molecule has 1 fully saturated rings. The molecule has 0 unspecified atom stereocenters. The van der Waals surface area contributed by atoms with Gasteiger partial charge in [-0.15, -0.1) is 0 Å². The average Bonchev–Trinajstić information content (AvgIpc) is 2.50. The van der Waals surface area contributed by atoms with Crippen molar-refractivity contribution in [1.82, 2.24) is 5.32 Å². The first kappa shape index (κ1) is 16.1. The maximum Gasteiger partial charge on any atom is 0.307 e. The minimum absolute atomic E-state index is 0.181. The van der Waals surface area contributed by atoms with Crippen LogP contribution in [0.5, 0.6) is 11.5 Å². The van der Waals surface area contributed by atoms with Crippen molar-refractivity contribution < 1.29 is 24.9 Å². The SMILES string of the molecule is O=C(O)[C@H]1CCCC[C@@H]1C(=O)NCCc1ccc(O)c(O)c1. The molecule has 22 heavy (non-hydrogen) atoms. The van der Waals surface area contributed by atoms with Gasteiger partial charge in [0.15, 0.2) is 11.5 Å². The molecule has 1 aromatic rings. The highest BCUT2D eigenvalue weighted by molar-refractivity contribution is 5.84. The third-order valence-electron chi connectivity index (χ3n) is 4.17. The van der Waals surface area contributed by atoms with Gasteiger partial charge in [0.1, 0.15) is 0 Å². The second-order valence-electron chi connectivity index (χ2n) is 5.70. The molecule has 2 rings (SSSR count). The first-order valence-electron chi connectivity index (χ1n) is 7.50. The fourth-order valence-corrected chi connectivity index (χ4v) is 2.93. The second kappa shape index (κ2) is 7.15. The maximum absolute atomic E-state index is 12.2. The average molecular weight is 307 g/mol. The number of amides is 1. The van der Waals surface area contributed by atoms with E-state index < -0.39 is 17.8 Å². The number of carbonyl (C=O) groups is 2. The van der Waals surface area contributed by atoms with Crippen molar-refractivity contribution in [3.05, 3.63) is 23.8 Å². The molecule has 2 atom stereocenters. The van der Waals surface area contributed by atoms with Gasteiger partial charge in [-0.1, -0.05) is 18.9 Å². The lowest BCUT2D eigenvalue weighted by Crippen LogP contribution is -2.40. The van der Waals surface area contributed by atoms with Gasteiger partial charge in [0.25, 0.3) is 0 Å². The van der Waals surface area contributed by atoms with E-state index in [9.17, 15) is 24.9 Å². The molecule has 0 aromatic heterocycles. The summed E-state index contributed by atoms with van der Waals surface area (Å²) in [5, 5.41) is 30.6. The molecule has 0 bridgehead atoms. The van der Waals surface area contributed by atoms with Crippen LogP contribution in [0.4, 0.5) is 0 Å². The second-order valence-corrected chi connectivity index (χ2v) is 5.70. The van der Waals surface area contributed by atoms with E-state index in [1.807, 2.05) is 0 Å². The third kappa shape index (κ3) is 3.90. The molecule has 1 saturated carbocycles. The van der Waals surface area contributed by atoms with E-state index in [0.717, 1.165) is 18.4 Å². The molecular formula is C16H21NO5. The van der Waals surface area contributed by atoms with Crippen LogP contribution in [0.15, 0.2) is 18.2 Å². The van der Waals surface area contributed by atoms with E-state index in [4.69, 9.17) is 0 Å². The van der Waals surface area contributed by atoms with Gasteiger partial charge in [0.05, 0.1) is 11.8 Å². The highest BCUT2D eigenvalue weighted by atomic mass is 16.4. The Labute approximate surface area is 128 Å². The Morgan fingerprint density at radius 1 is 1.09 bits per heavy atom. The highest BCUT2D eigenvalue weighted by Gasteiger charge is 2.35. The number of phenolic OH excluding ortho intramolecular Hbond substituents is 2. The summed E-state index contributed by atoms with van der Waals surface area (Å²) in [5.74, 6) is -2.54. The fourth-order valence-electron chi connectivity index (χ4n) is 2.93. The Hall–Kier alpha value is -2.24. The molecule has 0 aliphatic heterocycles. The van der Waals surface area contributed by atoms with Gasteiger partial charge >= 0.3 is 5.97 Å². The number of nitrogens with one attached hydrogen (secondary N) is 1. The van der Waals surface area contributed by atoms with Gasteiger partial charge in [-0.05, 0) is 37.0 Å². The van der Waals surface area contributed by atoms with E-state index >= 15 is 0 Å². The van der Waals surface area contributed by atoms with Crippen LogP contribution in [0.2, 0.25) is 0 Å². The summed E-state index contributed by atoms with van der Waals surface area (Å²) in [4.78, 5) is 23.4. The number of aliphatic carboxylic acids is 1. The molecule has 4 N–H and O–H groups in total. The van der Waals surface area contributed by atoms with Crippen molar-refractivity contribution in [3.63, 3.8) is 0 Å². The number of phenols is 2. The number of carbonyl (C=O) groups excluding carboxylic acids is 1. The molecule has 0 heterocycles. The Morgan fingerprint density at radius 3 is 2.41 bits per heavy atom. The highest BCUT2D eigenvalue weighted by Crippen LogP contribution is 2.30. The van der Waals surface area contributed by atoms with Crippen molar-refractivity contribution in [2.45, 2.75) is 32.1 Å². The van der Waals surface area contributed by atoms with Crippen LogP contribution in [0.3, 0.4) is 0 Å². The number of carboxylic acids is 1. The monoisotopic (exact) mass is 307 g/mol. The maximum atomic E-state index is 12.2. The standard InChI is InChI=1S/C16H21NO5/c18-13-6-5-10(9-14(13)19)7-8-17-15(20)11-3-1-2-4-12(11)16(21)22/h5-6,9,11-12,18-19H,1-4,7-8H2,(H,17,20)(H,21,22)/t11-,12-/m0/s1. The van der Waals surface area contributed by atoms with E-state index in [1.54, 1.807) is 6.07 Å². The molecule has 1 aliphatic rings. The molecule has 0 radical (unpaired) electrons. The molecular weight excluding hydrogens is 286 g/mol. The predicted molar refractivity (Wildman–Crippen MR) is 79.6 cm³/mol. The zero-order chi connectivity index (χ0) is 16.1. The first-order valence-corrected chi connectivity index (χ1v) is 7.50. The zero-order valence-corrected chi connectivity index (χ0v) is 12.3. The molecule has 6 nitrogen and oxygen atoms in total. The molecule has 120 valence electrons. The predicted octanol–water partition coefficient (Wildman–Crippen LogP) is 1.65. The first-order chi connectivity index (χ1) is 10.5. The Bertz CT molecular complexity index is 557. The number of aromatic hydroxyl groups is 2. The number of hydrogen-bond acceptors (Lipinski definition) is 4.